The fourth-order valence-corrected chi connectivity index (χ4v) is 0. The van der Waals surface area contributed by atoms with Crippen molar-refractivity contribution in [2.75, 3.05) is 0 Å². The van der Waals surface area contributed by atoms with E-state index in [1.54, 1.807) is 0 Å². The molecule has 0 fully saturated rings. The van der Waals surface area contributed by atoms with E-state index in [1.807, 2.05) is 0 Å². The van der Waals surface area contributed by atoms with Gasteiger partial charge in [0.25, 0.3) is 0 Å². The second-order valence-electron chi connectivity index (χ2n) is 0.372. The van der Waals surface area contributed by atoms with E-state index in [-0.39, 0.29) is 5.48 Å². The Morgan fingerprint density at radius 3 is 1.80 bits per heavy atom. The van der Waals surface area contributed by atoms with Crippen molar-refractivity contribution in [1.29, 1.82) is 0 Å². The molecule has 0 atom stereocenters. The molecule has 0 saturated heterocycles. The Labute approximate surface area is 30.4 Å². The van der Waals surface area contributed by atoms with Gasteiger partial charge in [0.05, 0.1) is 0 Å². The second-order valence-corrected chi connectivity index (χ2v) is 0.372. The summed E-state index contributed by atoms with van der Waals surface area (Å²) < 4.78 is 0. The van der Waals surface area contributed by atoms with Crippen molar-refractivity contribution in [2.24, 2.45) is 0 Å². The van der Waals surface area contributed by atoms with Crippen molar-refractivity contribution in [3.05, 3.63) is 12.7 Å². The van der Waals surface area contributed by atoms with Gasteiger partial charge in [-0.05, 0) is 6.08 Å². The van der Waals surface area contributed by atoms with E-state index in [0.717, 1.165) is 0 Å². The predicted molar refractivity (Wildman–Crippen MR) is 19.9 cm³/mol. The Kier molecular flexibility index (Phi) is 17.8. The lowest BCUT2D eigenvalue weighted by atomic mass is 10.8. The Morgan fingerprint density at radius 1 is 1.60 bits per heavy atom. The number of rotatable bonds is 1. The lowest BCUT2D eigenvalue weighted by molar-refractivity contribution is -0.104. The molecule has 0 bridgehead atoms. The molecule has 0 rings (SSSR count). The summed E-state index contributed by atoms with van der Waals surface area (Å²) >= 11 is 0. The Hall–Kier alpha value is -0.630. The van der Waals surface area contributed by atoms with Crippen molar-refractivity contribution < 1.29 is 10.3 Å². The zero-order valence-electron chi connectivity index (χ0n) is 2.77. The lowest BCUT2D eigenvalue weighted by Gasteiger charge is -1.37. The van der Waals surface area contributed by atoms with Gasteiger partial charge in [-0.1, -0.05) is 6.58 Å². The molecule has 0 unspecified atom stereocenters. The van der Waals surface area contributed by atoms with E-state index in [0.29, 0.717) is 6.29 Å². The third kappa shape index (κ3) is 46.2. The molecule has 0 amide bonds. The fourth-order valence-electron chi connectivity index (χ4n) is 0. The number of carbonyl (C=O) groups excluding carboxylic acids is 1. The van der Waals surface area contributed by atoms with Gasteiger partial charge in [-0.15, -0.1) is 0 Å². The monoisotopic (exact) mass is 74.0 g/mol. The average molecular weight is 74.1 g/mol. The van der Waals surface area contributed by atoms with E-state index >= 15 is 0 Å². The summed E-state index contributed by atoms with van der Waals surface area (Å²) in [5.41, 5.74) is 0. The largest absolute Gasteiger partial charge is 0.412 e. The zero-order valence-corrected chi connectivity index (χ0v) is 2.77. The minimum atomic E-state index is 0. The summed E-state index contributed by atoms with van der Waals surface area (Å²) in [6, 6.07) is 0. The van der Waals surface area contributed by atoms with Crippen LogP contribution in [0.3, 0.4) is 0 Å². The van der Waals surface area contributed by atoms with Crippen LogP contribution in [0.15, 0.2) is 12.7 Å². The minimum Gasteiger partial charge on any atom is -0.412 e. The summed E-state index contributed by atoms with van der Waals surface area (Å²) in [6.45, 7) is 3.11. The average Bonchev–Trinajstić information content (AvgIpc) is 1.37. The van der Waals surface area contributed by atoms with Gasteiger partial charge in [-0.2, -0.15) is 0 Å². The van der Waals surface area contributed by atoms with Gasteiger partial charge in [-0.3, -0.25) is 4.79 Å². The van der Waals surface area contributed by atoms with Crippen LogP contribution in [0, 0.1) is 0 Å². The number of hydrogen-bond donors (Lipinski definition) is 0. The van der Waals surface area contributed by atoms with Crippen LogP contribution in [0.25, 0.3) is 0 Å². The highest BCUT2D eigenvalue weighted by atomic mass is 16.1. The normalized spacial score (nSPS) is 4.00. The molecule has 0 saturated carbocycles. The molecule has 2 nitrogen and oxygen atoms in total. The SMILES string of the molecule is C=CC=O.O. The zero-order chi connectivity index (χ0) is 3.41. The van der Waals surface area contributed by atoms with Crippen LogP contribution in [0.5, 0.6) is 0 Å². The molecule has 2 N–H and O–H groups in total. The van der Waals surface area contributed by atoms with Crippen LogP contribution in [0.1, 0.15) is 0 Å². The van der Waals surface area contributed by atoms with Gasteiger partial charge < -0.3 is 5.48 Å². The Morgan fingerprint density at radius 2 is 1.80 bits per heavy atom. The highest BCUT2D eigenvalue weighted by molar-refractivity contribution is 5.63. The van der Waals surface area contributed by atoms with Gasteiger partial charge >= 0.3 is 0 Å². The van der Waals surface area contributed by atoms with Gasteiger partial charge in [-0.25, -0.2) is 0 Å². The molecule has 0 aromatic carbocycles. The number of aldehydes is 1. The summed E-state index contributed by atoms with van der Waals surface area (Å²) in [5, 5.41) is 0. The second kappa shape index (κ2) is 10.1. The molecular weight excluding hydrogens is 68.0 g/mol. The topological polar surface area (TPSA) is 48.6 Å². The molecule has 2 heteroatoms. The van der Waals surface area contributed by atoms with Crippen molar-refractivity contribution in [3.8, 4) is 0 Å². The molecular formula is C3H6O2. The molecule has 0 heterocycles. The molecule has 0 radical (unpaired) electrons. The maximum atomic E-state index is 9.06. The van der Waals surface area contributed by atoms with Crippen molar-refractivity contribution in [2.45, 2.75) is 0 Å². The summed E-state index contributed by atoms with van der Waals surface area (Å²) in [4.78, 5) is 9.06. The first kappa shape index (κ1) is 8.84. The van der Waals surface area contributed by atoms with E-state index in [2.05, 4.69) is 6.58 Å². The first-order valence-corrected chi connectivity index (χ1v) is 0.977. The van der Waals surface area contributed by atoms with Crippen LogP contribution in [-0.4, -0.2) is 11.8 Å². The predicted octanol–water partition coefficient (Wildman–Crippen LogP) is -0.453. The Bertz CT molecular complexity index is 25.9. The van der Waals surface area contributed by atoms with Crippen LogP contribution < -0.4 is 0 Å². The smallest absolute Gasteiger partial charge is 0.142 e. The van der Waals surface area contributed by atoms with Crippen LogP contribution >= 0.6 is 0 Å². The van der Waals surface area contributed by atoms with Crippen LogP contribution in [0.4, 0.5) is 0 Å². The molecule has 0 aliphatic rings. The van der Waals surface area contributed by atoms with Crippen LogP contribution in [-0.2, 0) is 4.79 Å². The van der Waals surface area contributed by atoms with Gasteiger partial charge in [0.2, 0.25) is 0 Å². The van der Waals surface area contributed by atoms with E-state index in [9.17, 15) is 0 Å². The minimum absolute atomic E-state index is 0. The highest BCUT2D eigenvalue weighted by Gasteiger charge is 1.38. The maximum Gasteiger partial charge on any atom is 0.142 e. The van der Waals surface area contributed by atoms with E-state index in [4.69, 9.17) is 4.79 Å². The summed E-state index contributed by atoms with van der Waals surface area (Å²) in [5.74, 6) is 0. The summed E-state index contributed by atoms with van der Waals surface area (Å²) in [6.07, 6.45) is 1.83. The first-order chi connectivity index (χ1) is 1.91. The third-order valence-electron chi connectivity index (χ3n) is 0.0962. The molecule has 0 aromatic rings. The number of hydrogen-bond acceptors (Lipinski definition) is 1. The first-order valence-electron chi connectivity index (χ1n) is 0.977. The van der Waals surface area contributed by atoms with Gasteiger partial charge in [0.15, 0.2) is 0 Å². The van der Waals surface area contributed by atoms with Crippen molar-refractivity contribution in [1.82, 2.24) is 0 Å². The van der Waals surface area contributed by atoms with Gasteiger partial charge in [0.1, 0.15) is 6.29 Å². The molecule has 0 aliphatic carbocycles. The molecule has 0 aliphatic heterocycles. The van der Waals surface area contributed by atoms with Crippen molar-refractivity contribution >= 4 is 6.29 Å². The standard InChI is InChI=1S/C3H4O.H2O/c1-2-3-4;/h2-3H,1H2;1H2. The Balaban J connectivity index is 0. The number of allylic oxidation sites excluding steroid dienone is 1. The lowest BCUT2D eigenvalue weighted by Crippen LogP contribution is -1.44. The third-order valence-corrected chi connectivity index (χ3v) is 0.0962. The van der Waals surface area contributed by atoms with E-state index in [1.165, 1.54) is 6.08 Å². The highest BCUT2D eigenvalue weighted by Crippen LogP contribution is 1.35. The van der Waals surface area contributed by atoms with Crippen LogP contribution in [0.2, 0.25) is 0 Å². The van der Waals surface area contributed by atoms with Gasteiger partial charge in [0, 0.05) is 0 Å². The van der Waals surface area contributed by atoms with Crippen molar-refractivity contribution in [3.63, 3.8) is 0 Å². The maximum absolute atomic E-state index is 9.06. The molecule has 0 aromatic heterocycles. The summed E-state index contributed by atoms with van der Waals surface area (Å²) in [7, 11) is 0. The molecule has 5 heavy (non-hydrogen) atoms. The molecule has 30 valence electrons. The fraction of sp³-hybridized carbons (Fsp3) is 0. The molecule has 0 spiro atoms. The number of carbonyl (C=O) groups is 1. The van der Waals surface area contributed by atoms with E-state index < -0.39 is 0 Å². The quantitative estimate of drug-likeness (QED) is 0.307.